The van der Waals surface area contributed by atoms with Gasteiger partial charge in [-0.15, -0.1) is 0 Å². The molecule has 0 radical (unpaired) electrons. The lowest BCUT2D eigenvalue weighted by molar-refractivity contribution is 0.481. The zero-order valence-electron chi connectivity index (χ0n) is 9.64. The van der Waals surface area contributed by atoms with Crippen LogP contribution in [-0.2, 0) is 0 Å². The Labute approximate surface area is 103 Å². The first-order chi connectivity index (χ1) is 8.84. The van der Waals surface area contributed by atoms with Crippen molar-refractivity contribution < 1.29 is 5.11 Å². The largest absolute Gasteiger partial charge is 0.506 e. The maximum absolute atomic E-state index is 9.75. The molecule has 86 valence electrons. The van der Waals surface area contributed by atoms with Crippen LogP contribution in [0.3, 0.4) is 0 Å². The van der Waals surface area contributed by atoms with E-state index in [0.29, 0.717) is 5.75 Å². The lowest BCUT2D eigenvalue weighted by Gasteiger charge is -2.04. The normalized spacial score (nSPS) is 11.6. The minimum absolute atomic E-state index is 0.306. The van der Waals surface area contributed by atoms with Crippen molar-refractivity contribution in [1.82, 2.24) is 4.98 Å². The molecule has 0 aliphatic carbocycles. The Bertz CT molecular complexity index is 889. The van der Waals surface area contributed by atoms with Gasteiger partial charge in [-0.2, -0.15) is 0 Å². The van der Waals surface area contributed by atoms with Crippen molar-refractivity contribution in [3.05, 3.63) is 54.7 Å². The van der Waals surface area contributed by atoms with Crippen LogP contribution in [-0.4, -0.2) is 10.1 Å². The average molecular weight is 233 g/mol. The quantitative estimate of drug-likeness (QED) is 0.439. The standard InChI is InChI=1S/C16H11NO/c18-15-9-17-16-13-6-5-10-3-1-2-4-11(10)12(13)7-8-14(15)16/h1-9,17-18H. The van der Waals surface area contributed by atoms with Crippen molar-refractivity contribution in [3.8, 4) is 5.75 Å². The fraction of sp³-hybridized carbons (Fsp3) is 0. The molecule has 18 heavy (non-hydrogen) atoms. The number of aromatic hydroxyl groups is 1. The van der Waals surface area contributed by atoms with Gasteiger partial charge in [-0.05, 0) is 22.2 Å². The number of rotatable bonds is 0. The number of benzene rings is 3. The fourth-order valence-electron chi connectivity index (χ4n) is 2.68. The van der Waals surface area contributed by atoms with Gasteiger partial charge in [0.05, 0.1) is 5.52 Å². The minimum Gasteiger partial charge on any atom is -0.506 e. The second-order valence-corrected chi connectivity index (χ2v) is 4.54. The van der Waals surface area contributed by atoms with Crippen molar-refractivity contribution in [2.75, 3.05) is 0 Å². The third-order valence-electron chi connectivity index (χ3n) is 3.56. The molecule has 2 N–H and O–H groups in total. The molecule has 3 aromatic carbocycles. The third kappa shape index (κ3) is 1.12. The predicted molar refractivity (Wildman–Crippen MR) is 75.0 cm³/mol. The van der Waals surface area contributed by atoms with Crippen LogP contribution in [0.5, 0.6) is 5.75 Å². The molecule has 1 heterocycles. The van der Waals surface area contributed by atoms with Gasteiger partial charge in [0, 0.05) is 17.0 Å². The number of hydrogen-bond donors (Lipinski definition) is 2. The Kier molecular flexibility index (Phi) is 1.73. The molecule has 4 rings (SSSR count). The smallest absolute Gasteiger partial charge is 0.140 e. The summed E-state index contributed by atoms with van der Waals surface area (Å²) in [7, 11) is 0. The Morgan fingerprint density at radius 1 is 0.722 bits per heavy atom. The Balaban J connectivity index is 2.30. The van der Waals surface area contributed by atoms with E-state index in [1.54, 1.807) is 6.20 Å². The highest BCUT2D eigenvalue weighted by Crippen LogP contribution is 2.33. The van der Waals surface area contributed by atoms with E-state index in [-0.39, 0.29) is 0 Å². The van der Waals surface area contributed by atoms with Crippen molar-refractivity contribution in [2.45, 2.75) is 0 Å². The molecular formula is C16H11NO. The van der Waals surface area contributed by atoms with E-state index in [1.165, 1.54) is 16.2 Å². The van der Waals surface area contributed by atoms with E-state index in [4.69, 9.17) is 0 Å². The number of H-pyrrole nitrogens is 1. The van der Waals surface area contributed by atoms with Gasteiger partial charge in [0.25, 0.3) is 0 Å². The SMILES string of the molecule is Oc1c[nH]c2c1ccc1c3ccccc3ccc12. The van der Waals surface area contributed by atoms with Gasteiger partial charge in [-0.3, -0.25) is 0 Å². The van der Waals surface area contributed by atoms with Crippen LogP contribution >= 0.6 is 0 Å². The van der Waals surface area contributed by atoms with Crippen LogP contribution in [0.1, 0.15) is 0 Å². The second-order valence-electron chi connectivity index (χ2n) is 4.54. The minimum atomic E-state index is 0.306. The average Bonchev–Trinajstić information content (AvgIpc) is 2.80. The number of aromatic amines is 1. The molecule has 1 aromatic heterocycles. The lowest BCUT2D eigenvalue weighted by Crippen LogP contribution is -1.79. The molecule has 0 saturated heterocycles. The molecule has 4 aromatic rings. The Morgan fingerprint density at radius 2 is 1.50 bits per heavy atom. The summed E-state index contributed by atoms with van der Waals surface area (Å²) in [5, 5.41) is 15.5. The van der Waals surface area contributed by atoms with Crippen LogP contribution in [0.25, 0.3) is 32.4 Å². The van der Waals surface area contributed by atoms with Gasteiger partial charge in [0.1, 0.15) is 5.75 Å². The van der Waals surface area contributed by atoms with Gasteiger partial charge >= 0.3 is 0 Å². The van der Waals surface area contributed by atoms with E-state index >= 15 is 0 Å². The molecule has 2 nitrogen and oxygen atoms in total. The number of aromatic nitrogens is 1. The first-order valence-electron chi connectivity index (χ1n) is 5.95. The molecule has 0 bridgehead atoms. The summed E-state index contributed by atoms with van der Waals surface area (Å²) in [6.45, 7) is 0. The summed E-state index contributed by atoms with van der Waals surface area (Å²) in [5.74, 6) is 0.306. The molecule has 2 heteroatoms. The Morgan fingerprint density at radius 3 is 2.44 bits per heavy atom. The molecule has 0 saturated carbocycles. The maximum Gasteiger partial charge on any atom is 0.140 e. The van der Waals surface area contributed by atoms with E-state index in [0.717, 1.165) is 16.3 Å². The van der Waals surface area contributed by atoms with Crippen LogP contribution in [0.15, 0.2) is 54.7 Å². The summed E-state index contributed by atoms with van der Waals surface area (Å²) in [6.07, 6.45) is 1.64. The van der Waals surface area contributed by atoms with Crippen molar-refractivity contribution >= 4 is 32.4 Å². The highest BCUT2D eigenvalue weighted by atomic mass is 16.3. The topological polar surface area (TPSA) is 36.0 Å². The molecule has 0 unspecified atom stereocenters. The highest BCUT2D eigenvalue weighted by molar-refractivity contribution is 6.17. The molecule has 0 atom stereocenters. The van der Waals surface area contributed by atoms with Crippen LogP contribution < -0.4 is 0 Å². The second kappa shape index (κ2) is 3.26. The molecule has 0 amide bonds. The van der Waals surface area contributed by atoms with Gasteiger partial charge < -0.3 is 10.1 Å². The van der Waals surface area contributed by atoms with Crippen molar-refractivity contribution in [1.29, 1.82) is 0 Å². The molecule has 0 aliphatic heterocycles. The van der Waals surface area contributed by atoms with E-state index in [9.17, 15) is 5.11 Å². The summed E-state index contributed by atoms with van der Waals surface area (Å²) in [4.78, 5) is 3.15. The van der Waals surface area contributed by atoms with Crippen LogP contribution in [0, 0.1) is 0 Å². The van der Waals surface area contributed by atoms with E-state index in [2.05, 4.69) is 41.4 Å². The molecule has 0 spiro atoms. The maximum atomic E-state index is 9.75. The van der Waals surface area contributed by atoms with Gasteiger partial charge in [-0.25, -0.2) is 0 Å². The van der Waals surface area contributed by atoms with E-state index in [1.807, 2.05) is 12.1 Å². The van der Waals surface area contributed by atoms with E-state index < -0.39 is 0 Å². The number of fused-ring (bicyclic) bond motifs is 5. The number of nitrogens with one attached hydrogen (secondary N) is 1. The van der Waals surface area contributed by atoms with Crippen molar-refractivity contribution in [3.63, 3.8) is 0 Å². The zero-order chi connectivity index (χ0) is 12.1. The third-order valence-corrected chi connectivity index (χ3v) is 3.56. The predicted octanol–water partition coefficient (Wildman–Crippen LogP) is 4.18. The van der Waals surface area contributed by atoms with Gasteiger partial charge in [0.2, 0.25) is 0 Å². The summed E-state index contributed by atoms with van der Waals surface area (Å²) < 4.78 is 0. The lowest BCUT2D eigenvalue weighted by atomic mass is 10.0. The zero-order valence-corrected chi connectivity index (χ0v) is 9.64. The van der Waals surface area contributed by atoms with Gasteiger partial charge in [-0.1, -0.05) is 42.5 Å². The Hall–Kier alpha value is -2.48. The van der Waals surface area contributed by atoms with Crippen LogP contribution in [0.4, 0.5) is 0 Å². The molecular weight excluding hydrogens is 222 g/mol. The summed E-state index contributed by atoms with van der Waals surface area (Å²) in [5.41, 5.74) is 0.996. The molecule has 0 fully saturated rings. The monoisotopic (exact) mass is 233 g/mol. The van der Waals surface area contributed by atoms with Crippen LogP contribution in [0.2, 0.25) is 0 Å². The van der Waals surface area contributed by atoms with Crippen molar-refractivity contribution in [2.24, 2.45) is 0 Å². The first-order valence-corrected chi connectivity index (χ1v) is 5.95. The first kappa shape index (κ1) is 9.54. The van der Waals surface area contributed by atoms with Gasteiger partial charge in [0.15, 0.2) is 0 Å². The molecule has 0 aliphatic rings. The summed E-state index contributed by atoms with van der Waals surface area (Å²) in [6, 6.07) is 16.6. The number of hydrogen-bond acceptors (Lipinski definition) is 1. The fourth-order valence-corrected chi connectivity index (χ4v) is 2.68. The highest BCUT2D eigenvalue weighted by Gasteiger charge is 2.07. The summed E-state index contributed by atoms with van der Waals surface area (Å²) >= 11 is 0.